The summed E-state index contributed by atoms with van der Waals surface area (Å²) in [4.78, 5) is 25.4. The lowest BCUT2D eigenvalue weighted by Gasteiger charge is -2.32. The van der Waals surface area contributed by atoms with Crippen LogP contribution in [0.3, 0.4) is 0 Å². The number of rotatable bonds is 5. The Labute approximate surface area is 162 Å². The van der Waals surface area contributed by atoms with Gasteiger partial charge in [0.25, 0.3) is 5.91 Å². The van der Waals surface area contributed by atoms with Crippen molar-refractivity contribution in [3.8, 4) is 10.4 Å². The van der Waals surface area contributed by atoms with Crippen molar-refractivity contribution in [2.75, 3.05) is 18.1 Å². The van der Waals surface area contributed by atoms with Gasteiger partial charge in [-0.3, -0.25) is 9.59 Å². The van der Waals surface area contributed by atoms with E-state index in [0.29, 0.717) is 18.0 Å². The van der Waals surface area contributed by atoms with Crippen molar-refractivity contribution in [1.29, 1.82) is 0 Å². The highest BCUT2D eigenvalue weighted by Crippen LogP contribution is 2.35. The summed E-state index contributed by atoms with van der Waals surface area (Å²) in [5.74, 6) is -1.09. The molecule has 27 heavy (non-hydrogen) atoms. The fraction of sp³-hybridized carbons (Fsp3) is 0.333. The van der Waals surface area contributed by atoms with Crippen molar-refractivity contribution >= 4 is 38.2 Å². The van der Waals surface area contributed by atoms with Crippen LogP contribution in [0, 0.1) is 0 Å². The largest absolute Gasteiger partial charge is 0.366 e. The van der Waals surface area contributed by atoms with Crippen LogP contribution in [0.2, 0.25) is 0 Å². The first-order valence-corrected chi connectivity index (χ1v) is 11.2. The van der Waals surface area contributed by atoms with E-state index < -0.39 is 27.9 Å². The number of benzene rings is 1. The second-order valence-electron chi connectivity index (χ2n) is 6.46. The van der Waals surface area contributed by atoms with Crippen LogP contribution in [0.15, 0.2) is 36.4 Å². The second-order valence-corrected chi connectivity index (χ2v) is 9.45. The van der Waals surface area contributed by atoms with E-state index in [9.17, 15) is 18.0 Å². The van der Waals surface area contributed by atoms with Crippen LogP contribution in [-0.4, -0.2) is 43.4 Å². The molecule has 1 aromatic carbocycles. The van der Waals surface area contributed by atoms with Gasteiger partial charge in [-0.1, -0.05) is 36.8 Å². The first-order chi connectivity index (χ1) is 12.8. The van der Waals surface area contributed by atoms with Gasteiger partial charge in [0.1, 0.15) is 11.0 Å². The molecule has 0 aliphatic carbocycles. The third-order valence-electron chi connectivity index (χ3n) is 4.47. The molecule has 0 bridgehead atoms. The highest BCUT2D eigenvalue weighted by atomic mass is 32.2. The van der Waals surface area contributed by atoms with Crippen LogP contribution in [0.5, 0.6) is 0 Å². The molecule has 1 fully saturated rings. The number of nitrogens with zero attached hydrogens (tertiary/aromatic N) is 1. The molecule has 0 spiro atoms. The molecule has 1 unspecified atom stereocenters. The average Bonchev–Trinajstić information content (AvgIpc) is 3.06. The van der Waals surface area contributed by atoms with Crippen LogP contribution < -0.4 is 11.1 Å². The Balaban J connectivity index is 1.89. The van der Waals surface area contributed by atoms with Crippen LogP contribution in [0.25, 0.3) is 10.4 Å². The molecule has 3 rings (SSSR count). The Morgan fingerprint density at radius 2 is 1.93 bits per heavy atom. The van der Waals surface area contributed by atoms with Crippen molar-refractivity contribution in [3.63, 3.8) is 0 Å². The van der Waals surface area contributed by atoms with Crippen LogP contribution in [-0.2, 0) is 14.8 Å². The molecule has 0 saturated carbocycles. The van der Waals surface area contributed by atoms with Gasteiger partial charge < -0.3 is 11.1 Å². The molecule has 2 amide bonds. The topological polar surface area (TPSA) is 110 Å². The molecule has 1 atom stereocenters. The average molecular weight is 408 g/mol. The summed E-state index contributed by atoms with van der Waals surface area (Å²) in [6.45, 7) is 0.319. The molecular formula is C18H21N3O4S2. The van der Waals surface area contributed by atoms with Crippen molar-refractivity contribution in [2.45, 2.75) is 25.3 Å². The van der Waals surface area contributed by atoms with Gasteiger partial charge in [-0.05, 0) is 24.5 Å². The van der Waals surface area contributed by atoms with Gasteiger partial charge in [0.2, 0.25) is 15.9 Å². The number of anilines is 1. The molecule has 3 N–H and O–H groups in total. The Morgan fingerprint density at radius 3 is 2.56 bits per heavy atom. The number of piperidine rings is 1. The zero-order chi connectivity index (χ0) is 19.6. The summed E-state index contributed by atoms with van der Waals surface area (Å²) in [5, 5.41) is 3.06. The second kappa shape index (κ2) is 7.79. The van der Waals surface area contributed by atoms with Gasteiger partial charge in [0, 0.05) is 11.4 Å². The fourth-order valence-electron chi connectivity index (χ4n) is 3.17. The van der Waals surface area contributed by atoms with Crippen molar-refractivity contribution in [1.82, 2.24) is 4.31 Å². The first-order valence-electron chi connectivity index (χ1n) is 8.54. The smallest absolute Gasteiger partial charge is 0.251 e. The van der Waals surface area contributed by atoms with Crippen LogP contribution in [0.1, 0.15) is 29.6 Å². The predicted molar refractivity (Wildman–Crippen MR) is 106 cm³/mol. The minimum Gasteiger partial charge on any atom is -0.366 e. The number of sulfonamides is 1. The number of hydrogen-bond acceptors (Lipinski definition) is 5. The lowest BCUT2D eigenvalue weighted by atomic mass is 10.0. The van der Waals surface area contributed by atoms with Gasteiger partial charge >= 0.3 is 0 Å². The predicted octanol–water partition coefficient (Wildman–Crippen LogP) is 2.27. The van der Waals surface area contributed by atoms with Gasteiger partial charge in [-0.25, -0.2) is 8.42 Å². The molecule has 1 aromatic heterocycles. The molecule has 7 nitrogen and oxygen atoms in total. The maximum atomic E-state index is 12.8. The monoisotopic (exact) mass is 407 g/mol. The van der Waals surface area contributed by atoms with Gasteiger partial charge in [0.15, 0.2) is 0 Å². The van der Waals surface area contributed by atoms with E-state index in [1.165, 1.54) is 15.6 Å². The third kappa shape index (κ3) is 4.37. The summed E-state index contributed by atoms with van der Waals surface area (Å²) < 4.78 is 25.2. The number of nitrogens with one attached hydrogen (secondary N) is 1. The molecule has 0 radical (unpaired) electrons. The van der Waals surface area contributed by atoms with E-state index in [0.717, 1.165) is 29.5 Å². The lowest BCUT2D eigenvalue weighted by Crippen LogP contribution is -2.49. The normalized spacial score (nSPS) is 18.2. The first kappa shape index (κ1) is 19.5. The minimum absolute atomic E-state index is 0.217. The standard InChI is InChI=1S/C18H21N3O4S2/c1-27(24,25)21-10-6-5-9-14(21)17(23)20-18-13(16(19)22)11-15(26-18)12-7-3-2-4-8-12/h2-4,7-8,11,14H,5-6,9-10H2,1H3,(H2,19,22)(H,20,23). The summed E-state index contributed by atoms with van der Waals surface area (Å²) >= 11 is 1.24. The Bertz CT molecular complexity index is 954. The van der Waals surface area contributed by atoms with Crippen molar-refractivity contribution in [2.24, 2.45) is 5.73 Å². The fourth-order valence-corrected chi connectivity index (χ4v) is 5.37. The van der Waals surface area contributed by atoms with E-state index in [1.54, 1.807) is 6.07 Å². The van der Waals surface area contributed by atoms with Gasteiger partial charge in [-0.15, -0.1) is 11.3 Å². The highest BCUT2D eigenvalue weighted by molar-refractivity contribution is 7.88. The molecule has 2 heterocycles. The van der Waals surface area contributed by atoms with Crippen LogP contribution in [0.4, 0.5) is 5.00 Å². The maximum absolute atomic E-state index is 12.8. The number of primary amides is 1. The molecule has 144 valence electrons. The number of amides is 2. The molecule has 2 aromatic rings. The zero-order valence-corrected chi connectivity index (χ0v) is 16.5. The highest BCUT2D eigenvalue weighted by Gasteiger charge is 2.35. The number of carbonyl (C=O) groups excluding carboxylic acids is 2. The summed E-state index contributed by atoms with van der Waals surface area (Å²) in [5.41, 5.74) is 6.59. The third-order valence-corrected chi connectivity index (χ3v) is 6.86. The Kier molecular flexibility index (Phi) is 5.64. The van der Waals surface area contributed by atoms with Gasteiger partial charge in [-0.2, -0.15) is 4.31 Å². The number of thiophene rings is 1. The van der Waals surface area contributed by atoms with Crippen LogP contribution >= 0.6 is 11.3 Å². The van der Waals surface area contributed by atoms with E-state index in [4.69, 9.17) is 5.73 Å². The number of carbonyl (C=O) groups is 2. The molecular weight excluding hydrogens is 386 g/mol. The quantitative estimate of drug-likeness (QED) is 0.792. The molecule has 1 saturated heterocycles. The van der Waals surface area contributed by atoms with E-state index >= 15 is 0 Å². The van der Waals surface area contributed by atoms with Crippen molar-refractivity contribution < 1.29 is 18.0 Å². The summed E-state index contributed by atoms with van der Waals surface area (Å²) in [6.07, 6.45) is 3.04. The Hall–Kier alpha value is -2.23. The Morgan fingerprint density at radius 1 is 1.22 bits per heavy atom. The van der Waals surface area contributed by atoms with E-state index in [-0.39, 0.29) is 5.56 Å². The SMILES string of the molecule is CS(=O)(=O)N1CCCCC1C(=O)Nc1sc(-c2ccccc2)cc1C(N)=O. The van der Waals surface area contributed by atoms with E-state index in [1.807, 2.05) is 30.3 Å². The summed E-state index contributed by atoms with van der Waals surface area (Å²) in [7, 11) is -3.49. The molecule has 1 aliphatic heterocycles. The zero-order valence-electron chi connectivity index (χ0n) is 14.8. The molecule has 9 heteroatoms. The number of nitrogens with two attached hydrogens (primary N) is 1. The summed E-state index contributed by atoms with van der Waals surface area (Å²) in [6, 6.07) is 10.3. The van der Waals surface area contributed by atoms with E-state index in [2.05, 4.69) is 5.32 Å². The number of hydrogen-bond donors (Lipinski definition) is 2. The van der Waals surface area contributed by atoms with Crippen molar-refractivity contribution in [3.05, 3.63) is 42.0 Å². The lowest BCUT2D eigenvalue weighted by molar-refractivity contribution is -0.120. The maximum Gasteiger partial charge on any atom is 0.251 e. The minimum atomic E-state index is -3.49. The molecule has 1 aliphatic rings. The van der Waals surface area contributed by atoms with Gasteiger partial charge in [0.05, 0.1) is 11.8 Å².